The maximum Gasteiger partial charge on any atom is 0.294 e. The van der Waals surface area contributed by atoms with Crippen LogP contribution in [0.5, 0.6) is 0 Å². The number of carbonyl (C=O) groups is 1. The van der Waals surface area contributed by atoms with Crippen molar-refractivity contribution in [2.45, 2.75) is 0 Å². The van der Waals surface area contributed by atoms with Crippen molar-refractivity contribution in [1.29, 1.82) is 0 Å². The Kier molecular flexibility index (Phi) is 1.48. The fraction of sp³-hybridized carbons (Fsp3) is 0. The Labute approximate surface area is 67.0 Å². The van der Waals surface area contributed by atoms with E-state index in [2.05, 4.69) is 10.1 Å². The number of nitrogens with zero attached hydrogens (tertiary/aromatic N) is 2. The molecule has 2 aromatic heterocycles. The van der Waals surface area contributed by atoms with Crippen LogP contribution in [0, 0.1) is 0 Å². The largest absolute Gasteiger partial charge is 0.459 e. The van der Waals surface area contributed by atoms with Crippen LogP contribution >= 0.6 is 0 Å². The van der Waals surface area contributed by atoms with E-state index in [1.165, 1.54) is 6.26 Å². The maximum absolute atomic E-state index is 10.2. The first kappa shape index (κ1) is 6.78. The maximum atomic E-state index is 10.2. The smallest absolute Gasteiger partial charge is 0.294 e. The van der Waals surface area contributed by atoms with Gasteiger partial charge in [0.2, 0.25) is 5.82 Å². The van der Waals surface area contributed by atoms with Crippen LogP contribution in [0.4, 0.5) is 0 Å². The molecule has 0 aliphatic heterocycles. The van der Waals surface area contributed by atoms with Gasteiger partial charge in [-0.25, -0.2) is 0 Å². The highest BCUT2D eigenvalue weighted by atomic mass is 16.5. The van der Waals surface area contributed by atoms with Gasteiger partial charge >= 0.3 is 0 Å². The minimum atomic E-state index is 0.0152. The second-order valence-electron chi connectivity index (χ2n) is 2.05. The zero-order valence-electron chi connectivity index (χ0n) is 5.93. The Morgan fingerprint density at radius 1 is 1.50 bits per heavy atom. The molecule has 0 N–H and O–H groups in total. The average molecular weight is 164 g/mol. The van der Waals surface area contributed by atoms with Crippen molar-refractivity contribution in [2.75, 3.05) is 0 Å². The third-order valence-electron chi connectivity index (χ3n) is 1.28. The zero-order valence-corrected chi connectivity index (χ0v) is 5.93. The predicted octanol–water partition coefficient (Wildman–Crippen LogP) is 1.14. The molecule has 5 heteroatoms. The average Bonchev–Trinajstić information content (AvgIpc) is 2.75. The monoisotopic (exact) mass is 164 g/mol. The van der Waals surface area contributed by atoms with Crippen molar-refractivity contribution in [3.63, 3.8) is 0 Å². The van der Waals surface area contributed by atoms with Crippen LogP contribution in [0.3, 0.4) is 0 Å². The summed E-state index contributed by atoms with van der Waals surface area (Å²) in [4.78, 5) is 13.9. The lowest BCUT2D eigenvalue weighted by Crippen LogP contribution is -1.80. The topological polar surface area (TPSA) is 69.1 Å². The second kappa shape index (κ2) is 2.61. The lowest BCUT2D eigenvalue weighted by Gasteiger charge is -1.81. The standard InChI is InChI=1S/C7H4N2O3/c10-4-6-8-7(12-9-6)5-2-1-3-11-5/h1-4H. The van der Waals surface area contributed by atoms with Crippen LogP contribution in [-0.2, 0) is 0 Å². The highest BCUT2D eigenvalue weighted by Gasteiger charge is 2.09. The fourth-order valence-corrected chi connectivity index (χ4v) is 0.783. The van der Waals surface area contributed by atoms with Crippen molar-refractivity contribution < 1.29 is 13.7 Å². The first-order chi connectivity index (χ1) is 5.90. The predicted molar refractivity (Wildman–Crippen MR) is 37.4 cm³/mol. The Hall–Kier alpha value is -1.91. The lowest BCUT2D eigenvalue weighted by molar-refractivity contribution is 0.111. The highest BCUT2D eigenvalue weighted by Crippen LogP contribution is 2.16. The van der Waals surface area contributed by atoms with Gasteiger partial charge in [-0.05, 0) is 12.1 Å². The molecule has 2 heterocycles. The molecule has 0 unspecified atom stereocenters. The van der Waals surface area contributed by atoms with E-state index in [0.717, 1.165) is 0 Å². The summed E-state index contributed by atoms with van der Waals surface area (Å²) in [5.74, 6) is 0.680. The lowest BCUT2D eigenvalue weighted by atomic mass is 10.4. The molecule has 0 saturated heterocycles. The fourth-order valence-electron chi connectivity index (χ4n) is 0.783. The van der Waals surface area contributed by atoms with E-state index < -0.39 is 0 Å². The summed E-state index contributed by atoms with van der Waals surface area (Å²) in [6.07, 6.45) is 2.00. The van der Waals surface area contributed by atoms with Crippen molar-refractivity contribution in [2.24, 2.45) is 0 Å². The molecule has 0 amide bonds. The molecule has 0 fully saturated rings. The van der Waals surface area contributed by atoms with Crippen molar-refractivity contribution in [3.05, 3.63) is 24.2 Å². The summed E-state index contributed by atoms with van der Waals surface area (Å²) < 4.78 is 9.68. The zero-order chi connectivity index (χ0) is 8.39. The van der Waals surface area contributed by atoms with Crippen LogP contribution in [0.2, 0.25) is 0 Å². The van der Waals surface area contributed by atoms with Crippen molar-refractivity contribution in [3.8, 4) is 11.7 Å². The molecule has 0 radical (unpaired) electrons. The molecule has 0 bridgehead atoms. The number of aromatic nitrogens is 2. The Morgan fingerprint density at radius 2 is 2.42 bits per heavy atom. The number of rotatable bonds is 2. The van der Waals surface area contributed by atoms with E-state index in [1.807, 2.05) is 0 Å². The minimum Gasteiger partial charge on any atom is -0.459 e. The molecule has 60 valence electrons. The van der Waals surface area contributed by atoms with Crippen LogP contribution in [-0.4, -0.2) is 16.4 Å². The van der Waals surface area contributed by atoms with E-state index in [4.69, 9.17) is 8.94 Å². The summed E-state index contributed by atoms with van der Waals surface area (Å²) in [5.41, 5.74) is 0. The van der Waals surface area contributed by atoms with Crippen LogP contribution in [0.15, 0.2) is 27.3 Å². The van der Waals surface area contributed by atoms with Crippen molar-refractivity contribution >= 4 is 6.29 Å². The molecule has 2 aromatic rings. The van der Waals surface area contributed by atoms with Gasteiger partial charge in [0.25, 0.3) is 5.89 Å². The summed E-state index contributed by atoms with van der Waals surface area (Å²) in [5, 5.41) is 3.38. The molecule has 0 saturated carbocycles. The van der Waals surface area contributed by atoms with E-state index >= 15 is 0 Å². The van der Waals surface area contributed by atoms with E-state index in [9.17, 15) is 4.79 Å². The van der Waals surface area contributed by atoms with Crippen LogP contribution < -0.4 is 0 Å². The molecule has 0 aromatic carbocycles. The first-order valence-electron chi connectivity index (χ1n) is 3.23. The summed E-state index contributed by atoms with van der Waals surface area (Å²) in [6.45, 7) is 0. The SMILES string of the molecule is O=Cc1noc(-c2ccco2)n1. The van der Waals surface area contributed by atoms with Crippen molar-refractivity contribution in [1.82, 2.24) is 10.1 Å². The van der Waals surface area contributed by atoms with Gasteiger partial charge in [0.1, 0.15) is 0 Å². The minimum absolute atomic E-state index is 0.0152. The second-order valence-corrected chi connectivity index (χ2v) is 2.05. The van der Waals surface area contributed by atoms with Gasteiger partial charge in [-0.1, -0.05) is 5.16 Å². The number of aldehydes is 1. The Balaban J connectivity index is 2.41. The third kappa shape index (κ3) is 1.01. The summed E-state index contributed by atoms with van der Waals surface area (Å²) in [7, 11) is 0. The molecule has 2 rings (SSSR count). The van der Waals surface area contributed by atoms with E-state index in [0.29, 0.717) is 12.0 Å². The normalized spacial score (nSPS) is 10.0. The highest BCUT2D eigenvalue weighted by molar-refractivity contribution is 5.69. The molecular formula is C7H4N2O3. The van der Waals surface area contributed by atoms with Gasteiger partial charge in [0.15, 0.2) is 12.0 Å². The van der Waals surface area contributed by atoms with Crippen LogP contribution in [0.25, 0.3) is 11.7 Å². The molecule has 0 aliphatic carbocycles. The molecule has 5 nitrogen and oxygen atoms in total. The molecule has 0 atom stereocenters. The van der Waals surface area contributed by atoms with Gasteiger partial charge in [-0.3, -0.25) is 4.79 Å². The molecule has 0 spiro atoms. The quantitative estimate of drug-likeness (QED) is 0.622. The molecular weight excluding hydrogens is 160 g/mol. The van der Waals surface area contributed by atoms with Gasteiger partial charge in [-0.15, -0.1) is 0 Å². The molecule has 0 aliphatic rings. The number of furan rings is 1. The Morgan fingerprint density at radius 3 is 3.00 bits per heavy atom. The number of hydrogen-bond donors (Lipinski definition) is 0. The van der Waals surface area contributed by atoms with Gasteiger partial charge < -0.3 is 8.94 Å². The third-order valence-corrected chi connectivity index (χ3v) is 1.28. The summed E-state index contributed by atoms with van der Waals surface area (Å²) in [6, 6.07) is 3.36. The first-order valence-corrected chi connectivity index (χ1v) is 3.23. The summed E-state index contributed by atoms with van der Waals surface area (Å²) >= 11 is 0. The van der Waals surface area contributed by atoms with E-state index in [-0.39, 0.29) is 11.7 Å². The van der Waals surface area contributed by atoms with Gasteiger partial charge in [0.05, 0.1) is 6.26 Å². The number of hydrogen-bond acceptors (Lipinski definition) is 5. The van der Waals surface area contributed by atoms with Gasteiger partial charge in [-0.2, -0.15) is 4.98 Å². The number of carbonyl (C=O) groups excluding carboxylic acids is 1. The van der Waals surface area contributed by atoms with Crippen LogP contribution in [0.1, 0.15) is 10.6 Å². The van der Waals surface area contributed by atoms with Gasteiger partial charge in [0, 0.05) is 0 Å². The Bertz CT molecular complexity index is 377. The molecule has 12 heavy (non-hydrogen) atoms. The van der Waals surface area contributed by atoms with E-state index in [1.54, 1.807) is 12.1 Å².